The molecule has 1 heterocycles. The third kappa shape index (κ3) is 2.71. The Labute approximate surface area is 87.2 Å². The third-order valence-corrected chi connectivity index (χ3v) is 3.74. The Hall–Kier alpha value is -0.0800. The maximum Gasteiger partial charge on any atom is 0.0582 e. The van der Waals surface area contributed by atoms with Gasteiger partial charge in [-0.15, -0.1) is 0 Å². The van der Waals surface area contributed by atoms with Crippen LogP contribution < -0.4 is 5.73 Å². The maximum atomic E-state index is 5.99. The van der Waals surface area contributed by atoms with Crippen molar-refractivity contribution in [3.8, 4) is 0 Å². The molecular formula is C12H23NO. The van der Waals surface area contributed by atoms with Crippen LogP contribution in [0.3, 0.4) is 0 Å². The fourth-order valence-corrected chi connectivity index (χ4v) is 2.98. The number of ether oxygens (including phenoxy) is 1. The zero-order chi connectivity index (χ0) is 9.97. The summed E-state index contributed by atoms with van der Waals surface area (Å²) in [7, 11) is 0. The fourth-order valence-electron chi connectivity index (χ4n) is 2.98. The summed E-state index contributed by atoms with van der Waals surface area (Å²) in [6.07, 6.45) is 9.99. The summed E-state index contributed by atoms with van der Waals surface area (Å²) in [5.74, 6) is 0.842. The van der Waals surface area contributed by atoms with E-state index in [9.17, 15) is 0 Å². The van der Waals surface area contributed by atoms with Crippen molar-refractivity contribution in [1.82, 2.24) is 0 Å². The molecule has 0 aromatic heterocycles. The molecule has 0 radical (unpaired) electrons. The molecule has 1 aliphatic heterocycles. The van der Waals surface area contributed by atoms with Crippen LogP contribution in [0.5, 0.6) is 0 Å². The van der Waals surface area contributed by atoms with E-state index in [2.05, 4.69) is 6.92 Å². The summed E-state index contributed by atoms with van der Waals surface area (Å²) in [6.45, 7) is 2.19. The first kappa shape index (κ1) is 10.4. The zero-order valence-electron chi connectivity index (χ0n) is 9.24. The molecule has 1 saturated heterocycles. The Morgan fingerprint density at radius 2 is 2.07 bits per heavy atom. The van der Waals surface area contributed by atoms with Crippen LogP contribution in [-0.4, -0.2) is 18.2 Å². The smallest absolute Gasteiger partial charge is 0.0582 e. The summed E-state index contributed by atoms with van der Waals surface area (Å²) in [6, 6.07) is 0.465. The molecule has 2 nitrogen and oxygen atoms in total. The highest BCUT2D eigenvalue weighted by Gasteiger charge is 2.27. The summed E-state index contributed by atoms with van der Waals surface area (Å²) < 4.78 is 5.86. The predicted octanol–water partition coefficient (Wildman–Crippen LogP) is 2.46. The first-order valence-electron chi connectivity index (χ1n) is 6.15. The van der Waals surface area contributed by atoms with Crippen molar-refractivity contribution < 1.29 is 4.74 Å². The highest BCUT2D eigenvalue weighted by Crippen LogP contribution is 2.31. The average molecular weight is 197 g/mol. The Kier molecular flexibility index (Phi) is 3.45. The van der Waals surface area contributed by atoms with Gasteiger partial charge in [-0.1, -0.05) is 12.8 Å². The fraction of sp³-hybridized carbons (Fsp3) is 1.00. The average Bonchev–Trinajstić information content (AvgIpc) is 2.51. The minimum atomic E-state index is 0.465. The first-order valence-corrected chi connectivity index (χ1v) is 6.15. The lowest BCUT2D eigenvalue weighted by atomic mass is 9.82. The highest BCUT2D eigenvalue weighted by atomic mass is 16.5. The van der Waals surface area contributed by atoms with Gasteiger partial charge < -0.3 is 10.5 Å². The van der Waals surface area contributed by atoms with Gasteiger partial charge in [0.05, 0.1) is 12.2 Å². The van der Waals surface area contributed by atoms with Gasteiger partial charge in [0.25, 0.3) is 0 Å². The van der Waals surface area contributed by atoms with E-state index < -0.39 is 0 Å². The van der Waals surface area contributed by atoms with Crippen molar-refractivity contribution >= 4 is 0 Å². The lowest BCUT2D eigenvalue weighted by Gasteiger charge is -2.28. The monoisotopic (exact) mass is 197 g/mol. The molecular weight excluding hydrogens is 174 g/mol. The van der Waals surface area contributed by atoms with Gasteiger partial charge >= 0.3 is 0 Å². The van der Waals surface area contributed by atoms with E-state index >= 15 is 0 Å². The van der Waals surface area contributed by atoms with Crippen LogP contribution in [0.1, 0.15) is 51.9 Å². The molecule has 0 bridgehead atoms. The SMILES string of the molecule is CC1CCC(CC2CCCC(N)C2)O1. The van der Waals surface area contributed by atoms with E-state index in [4.69, 9.17) is 10.5 Å². The maximum absolute atomic E-state index is 5.99. The van der Waals surface area contributed by atoms with Crippen LogP contribution in [0.25, 0.3) is 0 Å². The van der Waals surface area contributed by atoms with Crippen molar-refractivity contribution in [3.05, 3.63) is 0 Å². The molecule has 2 rings (SSSR count). The lowest BCUT2D eigenvalue weighted by Crippen LogP contribution is -2.29. The van der Waals surface area contributed by atoms with Crippen LogP contribution in [0.2, 0.25) is 0 Å². The van der Waals surface area contributed by atoms with Gasteiger partial charge in [0, 0.05) is 6.04 Å². The molecule has 82 valence electrons. The molecule has 4 unspecified atom stereocenters. The quantitative estimate of drug-likeness (QED) is 0.738. The molecule has 1 saturated carbocycles. The summed E-state index contributed by atoms with van der Waals surface area (Å²) in [5.41, 5.74) is 5.99. The first-order chi connectivity index (χ1) is 6.74. The van der Waals surface area contributed by atoms with Crippen LogP contribution in [0, 0.1) is 5.92 Å². The minimum Gasteiger partial charge on any atom is -0.375 e. The van der Waals surface area contributed by atoms with Gasteiger partial charge in [-0.05, 0) is 44.9 Å². The Balaban J connectivity index is 1.74. The highest BCUT2D eigenvalue weighted by molar-refractivity contribution is 4.80. The molecule has 2 N–H and O–H groups in total. The number of rotatable bonds is 2. The van der Waals surface area contributed by atoms with E-state index in [0.29, 0.717) is 18.2 Å². The van der Waals surface area contributed by atoms with E-state index in [0.717, 1.165) is 5.92 Å². The van der Waals surface area contributed by atoms with Gasteiger partial charge in [0.1, 0.15) is 0 Å². The second-order valence-electron chi connectivity index (χ2n) is 5.17. The molecule has 0 amide bonds. The largest absolute Gasteiger partial charge is 0.375 e. The summed E-state index contributed by atoms with van der Waals surface area (Å²) >= 11 is 0. The normalized spacial score (nSPS) is 44.1. The van der Waals surface area contributed by atoms with Crippen LogP contribution >= 0.6 is 0 Å². The van der Waals surface area contributed by atoms with Crippen molar-refractivity contribution in [2.24, 2.45) is 11.7 Å². The summed E-state index contributed by atoms with van der Waals surface area (Å²) in [5, 5.41) is 0. The predicted molar refractivity (Wildman–Crippen MR) is 58.1 cm³/mol. The zero-order valence-corrected chi connectivity index (χ0v) is 9.24. The standard InChI is InChI=1S/C12H23NO/c1-9-5-6-12(14-9)8-10-3-2-4-11(13)7-10/h9-12H,2-8,13H2,1H3. The molecule has 0 aromatic rings. The lowest BCUT2D eigenvalue weighted by molar-refractivity contribution is 0.0361. The van der Waals surface area contributed by atoms with E-state index in [1.165, 1.54) is 44.9 Å². The van der Waals surface area contributed by atoms with Gasteiger partial charge in [0.15, 0.2) is 0 Å². The van der Waals surface area contributed by atoms with E-state index in [1.807, 2.05) is 0 Å². The minimum absolute atomic E-state index is 0.465. The van der Waals surface area contributed by atoms with Crippen molar-refractivity contribution in [3.63, 3.8) is 0 Å². The molecule has 4 atom stereocenters. The van der Waals surface area contributed by atoms with Crippen molar-refractivity contribution in [2.45, 2.75) is 70.1 Å². The topological polar surface area (TPSA) is 35.2 Å². The van der Waals surface area contributed by atoms with Crippen LogP contribution in [-0.2, 0) is 4.74 Å². The summed E-state index contributed by atoms with van der Waals surface area (Å²) in [4.78, 5) is 0. The molecule has 14 heavy (non-hydrogen) atoms. The van der Waals surface area contributed by atoms with Gasteiger partial charge in [0.2, 0.25) is 0 Å². The Morgan fingerprint density at radius 3 is 2.71 bits per heavy atom. The molecule has 2 heteroatoms. The van der Waals surface area contributed by atoms with Crippen molar-refractivity contribution in [2.75, 3.05) is 0 Å². The molecule has 0 spiro atoms. The second kappa shape index (κ2) is 4.63. The molecule has 2 fully saturated rings. The number of hydrogen-bond acceptors (Lipinski definition) is 2. The Morgan fingerprint density at radius 1 is 1.21 bits per heavy atom. The molecule has 2 aliphatic rings. The Bertz CT molecular complexity index is 183. The molecule has 1 aliphatic carbocycles. The second-order valence-corrected chi connectivity index (χ2v) is 5.17. The van der Waals surface area contributed by atoms with E-state index in [-0.39, 0.29) is 0 Å². The third-order valence-electron chi connectivity index (χ3n) is 3.74. The van der Waals surface area contributed by atoms with Crippen LogP contribution in [0.15, 0.2) is 0 Å². The van der Waals surface area contributed by atoms with Gasteiger partial charge in [-0.25, -0.2) is 0 Å². The van der Waals surface area contributed by atoms with E-state index in [1.54, 1.807) is 0 Å². The number of nitrogens with two attached hydrogens (primary N) is 1. The van der Waals surface area contributed by atoms with Gasteiger partial charge in [-0.3, -0.25) is 0 Å². The van der Waals surface area contributed by atoms with Crippen molar-refractivity contribution in [1.29, 1.82) is 0 Å². The number of hydrogen-bond donors (Lipinski definition) is 1. The van der Waals surface area contributed by atoms with Gasteiger partial charge in [-0.2, -0.15) is 0 Å². The molecule has 0 aromatic carbocycles. The van der Waals surface area contributed by atoms with Crippen LogP contribution in [0.4, 0.5) is 0 Å².